The molecule has 0 radical (unpaired) electrons. The average molecular weight is 254 g/mol. The second-order valence-corrected chi connectivity index (χ2v) is 5.30. The van der Waals surface area contributed by atoms with E-state index in [9.17, 15) is 9.59 Å². The number of carbonyl (C=O) groups excluding carboxylic acids is 2. The van der Waals surface area contributed by atoms with Gasteiger partial charge >= 0.3 is 0 Å². The molecule has 104 valence electrons. The Hall–Kier alpha value is -1.06. The zero-order valence-corrected chi connectivity index (χ0v) is 12.2. The van der Waals surface area contributed by atoms with Gasteiger partial charge in [-0.3, -0.25) is 9.59 Å². The van der Waals surface area contributed by atoms with Gasteiger partial charge in [-0.05, 0) is 33.1 Å². The highest BCUT2D eigenvalue weighted by Crippen LogP contribution is 2.27. The largest absolute Gasteiger partial charge is 0.340 e. The molecule has 18 heavy (non-hydrogen) atoms. The summed E-state index contributed by atoms with van der Waals surface area (Å²) in [6.45, 7) is 9.87. The first-order valence-electron chi connectivity index (χ1n) is 7.08. The van der Waals surface area contributed by atoms with Crippen molar-refractivity contribution in [1.82, 2.24) is 10.2 Å². The fourth-order valence-electron chi connectivity index (χ4n) is 2.81. The fraction of sp³-hybridized carbons (Fsp3) is 0.857. The van der Waals surface area contributed by atoms with Crippen molar-refractivity contribution in [2.24, 2.45) is 0 Å². The van der Waals surface area contributed by atoms with Crippen LogP contribution in [0.25, 0.3) is 0 Å². The molecule has 4 heteroatoms. The Morgan fingerprint density at radius 2 is 1.83 bits per heavy atom. The number of hydrogen-bond acceptors (Lipinski definition) is 2. The molecule has 0 aliphatic carbocycles. The summed E-state index contributed by atoms with van der Waals surface area (Å²) < 4.78 is 0. The molecule has 1 aliphatic rings. The lowest BCUT2D eigenvalue weighted by Crippen LogP contribution is -2.70. The molecule has 1 heterocycles. The van der Waals surface area contributed by atoms with Crippen LogP contribution in [0.5, 0.6) is 0 Å². The molecule has 2 unspecified atom stereocenters. The molecule has 0 aromatic carbocycles. The van der Waals surface area contributed by atoms with Crippen molar-refractivity contribution in [1.29, 1.82) is 0 Å². The van der Waals surface area contributed by atoms with Crippen LogP contribution >= 0.6 is 0 Å². The molecule has 1 saturated heterocycles. The normalized spacial score (nSPS) is 24.9. The highest BCUT2D eigenvalue weighted by Gasteiger charge is 2.48. The van der Waals surface area contributed by atoms with Crippen LogP contribution in [0, 0.1) is 0 Å². The summed E-state index contributed by atoms with van der Waals surface area (Å²) in [7, 11) is 0. The van der Waals surface area contributed by atoms with Crippen LogP contribution in [0.3, 0.4) is 0 Å². The Morgan fingerprint density at radius 3 is 2.28 bits per heavy atom. The topological polar surface area (TPSA) is 49.4 Å². The zero-order valence-electron chi connectivity index (χ0n) is 12.2. The smallest absolute Gasteiger partial charge is 0.249 e. The predicted octanol–water partition coefficient (Wildman–Crippen LogP) is 2.08. The molecule has 1 aliphatic heterocycles. The maximum absolute atomic E-state index is 12.7. The van der Waals surface area contributed by atoms with Gasteiger partial charge in [0.2, 0.25) is 11.8 Å². The summed E-state index contributed by atoms with van der Waals surface area (Å²) in [5.74, 6) is 0.0572. The molecule has 0 aromatic heterocycles. The van der Waals surface area contributed by atoms with Crippen LogP contribution in [0.1, 0.15) is 60.3 Å². The van der Waals surface area contributed by atoms with E-state index in [1.165, 1.54) is 0 Å². The second-order valence-electron chi connectivity index (χ2n) is 5.30. The van der Waals surface area contributed by atoms with Crippen LogP contribution in [0.2, 0.25) is 0 Å². The van der Waals surface area contributed by atoms with Gasteiger partial charge in [-0.1, -0.05) is 27.2 Å². The predicted molar refractivity (Wildman–Crippen MR) is 72.1 cm³/mol. The van der Waals surface area contributed by atoms with E-state index >= 15 is 0 Å². The van der Waals surface area contributed by atoms with E-state index in [4.69, 9.17) is 0 Å². The molecule has 0 bridgehead atoms. The van der Waals surface area contributed by atoms with Crippen LogP contribution in [-0.4, -0.2) is 34.3 Å². The number of nitrogens with zero attached hydrogens (tertiary/aromatic N) is 1. The van der Waals surface area contributed by atoms with Crippen molar-refractivity contribution >= 4 is 11.8 Å². The third-order valence-corrected chi connectivity index (χ3v) is 4.19. The van der Waals surface area contributed by atoms with E-state index in [0.717, 1.165) is 12.8 Å². The highest BCUT2D eigenvalue weighted by molar-refractivity contribution is 5.99. The number of carbonyl (C=O) groups is 2. The minimum atomic E-state index is -0.689. The highest BCUT2D eigenvalue weighted by atomic mass is 16.2. The monoisotopic (exact) mass is 254 g/mol. The minimum absolute atomic E-state index is 0.0266. The Balaban J connectivity index is 3.06. The molecule has 0 saturated carbocycles. The zero-order chi connectivity index (χ0) is 13.9. The average Bonchev–Trinajstić information content (AvgIpc) is 2.35. The SMILES string of the molecule is CCCC(C)N1C(=O)C(CC)(CC)NC(=O)C1C. The van der Waals surface area contributed by atoms with Crippen LogP contribution in [-0.2, 0) is 9.59 Å². The number of amides is 2. The van der Waals surface area contributed by atoms with Gasteiger partial charge in [0.1, 0.15) is 11.6 Å². The Kier molecular flexibility index (Phi) is 4.77. The molecule has 0 spiro atoms. The summed E-state index contributed by atoms with van der Waals surface area (Å²) in [6, 6.07) is -0.230. The molecule has 4 nitrogen and oxygen atoms in total. The van der Waals surface area contributed by atoms with Crippen molar-refractivity contribution < 1.29 is 9.59 Å². The lowest BCUT2D eigenvalue weighted by atomic mass is 9.86. The van der Waals surface area contributed by atoms with E-state index < -0.39 is 5.54 Å². The first-order valence-corrected chi connectivity index (χ1v) is 7.08. The molecule has 1 rings (SSSR count). The molecule has 2 amide bonds. The maximum Gasteiger partial charge on any atom is 0.249 e. The first-order chi connectivity index (χ1) is 8.43. The van der Waals surface area contributed by atoms with Gasteiger partial charge in [0.15, 0.2) is 0 Å². The maximum atomic E-state index is 12.7. The van der Waals surface area contributed by atoms with Crippen molar-refractivity contribution in [3.05, 3.63) is 0 Å². The van der Waals surface area contributed by atoms with E-state index in [1.54, 1.807) is 4.90 Å². The van der Waals surface area contributed by atoms with Gasteiger partial charge in [-0.2, -0.15) is 0 Å². The van der Waals surface area contributed by atoms with Crippen LogP contribution in [0.15, 0.2) is 0 Å². The standard InChI is InChI=1S/C14H26N2O2/c1-6-9-10(4)16-11(5)12(17)15-14(7-2,8-3)13(16)18/h10-11H,6-9H2,1-5H3,(H,15,17). The third kappa shape index (κ3) is 2.38. The van der Waals surface area contributed by atoms with E-state index in [2.05, 4.69) is 12.2 Å². The van der Waals surface area contributed by atoms with Gasteiger partial charge < -0.3 is 10.2 Å². The van der Waals surface area contributed by atoms with E-state index in [-0.39, 0.29) is 23.9 Å². The van der Waals surface area contributed by atoms with Crippen molar-refractivity contribution in [3.8, 4) is 0 Å². The van der Waals surface area contributed by atoms with Gasteiger partial charge in [0.05, 0.1) is 0 Å². The van der Waals surface area contributed by atoms with Gasteiger partial charge in [-0.15, -0.1) is 0 Å². The molecule has 0 aromatic rings. The van der Waals surface area contributed by atoms with Gasteiger partial charge in [-0.25, -0.2) is 0 Å². The summed E-state index contributed by atoms with van der Waals surface area (Å²) in [4.78, 5) is 26.6. The number of rotatable bonds is 5. The Bertz CT molecular complexity index is 324. The minimum Gasteiger partial charge on any atom is -0.340 e. The third-order valence-electron chi connectivity index (χ3n) is 4.19. The molecular weight excluding hydrogens is 228 g/mol. The number of piperazine rings is 1. The lowest BCUT2D eigenvalue weighted by molar-refractivity contribution is -0.157. The number of hydrogen-bond donors (Lipinski definition) is 1. The van der Waals surface area contributed by atoms with Crippen LogP contribution < -0.4 is 5.32 Å². The van der Waals surface area contributed by atoms with E-state index in [1.807, 2.05) is 27.7 Å². The molecular formula is C14H26N2O2. The fourth-order valence-corrected chi connectivity index (χ4v) is 2.81. The van der Waals surface area contributed by atoms with Crippen molar-refractivity contribution in [2.75, 3.05) is 0 Å². The number of nitrogens with one attached hydrogen (secondary N) is 1. The molecule has 1 N–H and O–H groups in total. The Labute approximate surface area is 110 Å². The molecule has 1 fully saturated rings. The van der Waals surface area contributed by atoms with Crippen molar-refractivity contribution in [3.63, 3.8) is 0 Å². The van der Waals surface area contributed by atoms with Crippen molar-refractivity contribution in [2.45, 2.75) is 77.9 Å². The van der Waals surface area contributed by atoms with Gasteiger partial charge in [0.25, 0.3) is 0 Å². The van der Waals surface area contributed by atoms with Gasteiger partial charge in [0, 0.05) is 6.04 Å². The summed E-state index contributed by atoms with van der Waals surface area (Å²) in [6.07, 6.45) is 3.25. The summed E-state index contributed by atoms with van der Waals surface area (Å²) in [5, 5.41) is 2.93. The van der Waals surface area contributed by atoms with Crippen LogP contribution in [0.4, 0.5) is 0 Å². The first kappa shape index (κ1) is 15.0. The second kappa shape index (κ2) is 5.72. The summed E-state index contributed by atoms with van der Waals surface area (Å²) >= 11 is 0. The Morgan fingerprint density at radius 1 is 1.28 bits per heavy atom. The quantitative estimate of drug-likeness (QED) is 0.816. The van der Waals surface area contributed by atoms with E-state index in [0.29, 0.717) is 12.8 Å². The lowest BCUT2D eigenvalue weighted by Gasteiger charge is -2.47. The summed E-state index contributed by atoms with van der Waals surface area (Å²) in [5.41, 5.74) is -0.689. The molecule has 2 atom stereocenters.